The Bertz CT molecular complexity index is 186. The van der Waals surface area contributed by atoms with Crippen molar-refractivity contribution in [2.45, 2.75) is 31.4 Å². The predicted octanol–water partition coefficient (Wildman–Crippen LogP) is 1.45. The van der Waals surface area contributed by atoms with Gasteiger partial charge in [0.1, 0.15) is 0 Å². The first kappa shape index (κ1) is 15.1. The Kier molecular flexibility index (Phi) is 7.25. The highest BCUT2D eigenvalue weighted by Gasteiger charge is 2.36. The second-order valence-electron chi connectivity index (χ2n) is 4.11. The van der Waals surface area contributed by atoms with Crippen LogP contribution in [-0.2, 0) is 22.8 Å². The van der Waals surface area contributed by atoms with Crippen molar-refractivity contribution in [1.82, 2.24) is 0 Å². The van der Waals surface area contributed by atoms with Gasteiger partial charge in [0.15, 0.2) is 0 Å². The van der Waals surface area contributed by atoms with Crippen molar-refractivity contribution in [3.05, 3.63) is 0 Å². The maximum atomic E-state index is 5.54. The van der Waals surface area contributed by atoms with Crippen molar-refractivity contribution < 1.29 is 22.8 Å². The molecule has 0 amide bonds. The van der Waals surface area contributed by atoms with Gasteiger partial charge in [0.2, 0.25) is 0 Å². The van der Waals surface area contributed by atoms with E-state index in [0.717, 1.165) is 45.1 Å². The van der Waals surface area contributed by atoms with E-state index in [2.05, 4.69) is 0 Å². The Hall–Kier alpha value is 0.0169. The summed E-state index contributed by atoms with van der Waals surface area (Å²) >= 11 is 0. The Labute approximate surface area is 105 Å². The van der Waals surface area contributed by atoms with E-state index >= 15 is 0 Å². The zero-order valence-corrected chi connectivity index (χ0v) is 12.1. The van der Waals surface area contributed by atoms with Gasteiger partial charge in [-0.05, 0) is 19.3 Å². The van der Waals surface area contributed by atoms with Gasteiger partial charge in [0.25, 0.3) is 0 Å². The minimum atomic E-state index is -2.39. The SMILES string of the molecule is CO[Si](CCCOCCCC1CO1)(OC)OC. The van der Waals surface area contributed by atoms with Gasteiger partial charge >= 0.3 is 8.80 Å². The van der Waals surface area contributed by atoms with E-state index in [-0.39, 0.29) is 0 Å². The van der Waals surface area contributed by atoms with Crippen LogP contribution in [0.4, 0.5) is 0 Å². The van der Waals surface area contributed by atoms with Crippen molar-refractivity contribution in [3.63, 3.8) is 0 Å². The van der Waals surface area contributed by atoms with Crippen molar-refractivity contribution in [2.75, 3.05) is 41.2 Å². The number of epoxide rings is 1. The highest BCUT2D eigenvalue weighted by Crippen LogP contribution is 2.16. The third-order valence-corrected chi connectivity index (χ3v) is 5.75. The largest absolute Gasteiger partial charge is 0.500 e. The van der Waals surface area contributed by atoms with E-state index in [0.29, 0.717) is 6.10 Å². The smallest absolute Gasteiger partial charge is 0.381 e. The van der Waals surface area contributed by atoms with Gasteiger partial charge in [-0.3, -0.25) is 0 Å². The molecule has 1 saturated heterocycles. The lowest BCUT2D eigenvalue weighted by atomic mass is 10.3. The van der Waals surface area contributed by atoms with Crippen LogP contribution in [0.1, 0.15) is 19.3 Å². The van der Waals surface area contributed by atoms with E-state index in [1.54, 1.807) is 21.3 Å². The summed E-state index contributed by atoms with van der Waals surface area (Å²) in [6.07, 6.45) is 3.61. The molecule has 0 spiro atoms. The zero-order valence-electron chi connectivity index (χ0n) is 11.1. The average Bonchev–Trinajstić information content (AvgIpc) is 3.18. The predicted molar refractivity (Wildman–Crippen MR) is 66.0 cm³/mol. The van der Waals surface area contributed by atoms with Crippen LogP contribution >= 0.6 is 0 Å². The van der Waals surface area contributed by atoms with Crippen LogP contribution in [0.15, 0.2) is 0 Å². The number of ether oxygens (including phenoxy) is 2. The highest BCUT2D eigenvalue weighted by atomic mass is 28.4. The lowest BCUT2D eigenvalue weighted by molar-refractivity contribution is 0.105. The minimum absolute atomic E-state index is 0.508. The summed E-state index contributed by atoms with van der Waals surface area (Å²) in [5.41, 5.74) is 0. The molecule has 1 aliphatic rings. The molecule has 1 atom stereocenters. The highest BCUT2D eigenvalue weighted by molar-refractivity contribution is 6.60. The summed E-state index contributed by atoms with van der Waals surface area (Å²) in [7, 11) is 2.51. The van der Waals surface area contributed by atoms with Gasteiger partial charge < -0.3 is 22.8 Å². The summed E-state index contributed by atoms with van der Waals surface area (Å²) in [6, 6.07) is 0.794. The fraction of sp³-hybridized carbons (Fsp3) is 1.00. The molecule has 0 saturated carbocycles. The maximum Gasteiger partial charge on any atom is 0.500 e. The Balaban J connectivity index is 1.93. The fourth-order valence-corrected chi connectivity index (χ4v) is 3.39. The van der Waals surface area contributed by atoms with Gasteiger partial charge in [-0.25, -0.2) is 0 Å². The van der Waals surface area contributed by atoms with Crippen molar-refractivity contribution >= 4 is 8.80 Å². The summed E-state index contributed by atoms with van der Waals surface area (Å²) < 4.78 is 26.6. The molecule has 0 bridgehead atoms. The molecule has 1 unspecified atom stereocenters. The van der Waals surface area contributed by atoms with E-state index in [1.165, 1.54) is 0 Å². The second-order valence-corrected chi connectivity index (χ2v) is 7.20. The Morgan fingerprint density at radius 2 is 1.65 bits per heavy atom. The molecule has 1 aliphatic heterocycles. The number of rotatable bonds is 11. The van der Waals surface area contributed by atoms with Gasteiger partial charge in [-0.2, -0.15) is 0 Å². The summed E-state index contributed by atoms with van der Waals surface area (Å²) in [6.45, 7) is 2.47. The molecular formula is C11H24O5Si. The molecule has 0 radical (unpaired) electrons. The minimum Gasteiger partial charge on any atom is -0.381 e. The summed E-state index contributed by atoms with van der Waals surface area (Å²) in [4.78, 5) is 0. The summed E-state index contributed by atoms with van der Waals surface area (Å²) in [5, 5.41) is 0. The standard InChI is InChI=1S/C11H24O5Si/c1-12-17(13-2,14-3)9-5-8-15-7-4-6-11-10-16-11/h11H,4-10H2,1-3H3. The van der Waals surface area contributed by atoms with Crippen LogP contribution in [-0.4, -0.2) is 56.1 Å². The van der Waals surface area contributed by atoms with Crippen LogP contribution in [0.3, 0.4) is 0 Å². The molecule has 0 N–H and O–H groups in total. The molecule has 17 heavy (non-hydrogen) atoms. The molecule has 1 heterocycles. The molecule has 5 nitrogen and oxygen atoms in total. The van der Waals surface area contributed by atoms with Gasteiger partial charge in [0, 0.05) is 40.6 Å². The van der Waals surface area contributed by atoms with Gasteiger partial charge in [0.05, 0.1) is 12.7 Å². The topological polar surface area (TPSA) is 49.5 Å². The number of hydrogen-bond acceptors (Lipinski definition) is 5. The Morgan fingerprint density at radius 1 is 1.06 bits per heavy atom. The fourth-order valence-electron chi connectivity index (χ4n) is 1.70. The van der Waals surface area contributed by atoms with Crippen molar-refractivity contribution in [3.8, 4) is 0 Å². The first-order valence-corrected chi connectivity index (χ1v) is 8.04. The quantitative estimate of drug-likeness (QED) is 0.321. The van der Waals surface area contributed by atoms with Crippen LogP contribution in [0, 0.1) is 0 Å². The zero-order chi connectivity index (χ0) is 12.6. The molecule has 0 aromatic rings. The first-order chi connectivity index (χ1) is 8.26. The van der Waals surface area contributed by atoms with Crippen LogP contribution in [0.25, 0.3) is 0 Å². The third kappa shape index (κ3) is 5.94. The van der Waals surface area contributed by atoms with Crippen molar-refractivity contribution in [1.29, 1.82) is 0 Å². The first-order valence-electron chi connectivity index (χ1n) is 6.11. The van der Waals surface area contributed by atoms with Crippen LogP contribution < -0.4 is 0 Å². The average molecular weight is 264 g/mol. The van der Waals surface area contributed by atoms with Crippen molar-refractivity contribution in [2.24, 2.45) is 0 Å². The Morgan fingerprint density at radius 3 is 2.18 bits per heavy atom. The van der Waals surface area contributed by atoms with E-state index in [9.17, 15) is 0 Å². The van der Waals surface area contributed by atoms with Crippen LogP contribution in [0.2, 0.25) is 6.04 Å². The molecular weight excluding hydrogens is 240 g/mol. The third-order valence-electron chi connectivity index (χ3n) is 2.92. The lowest BCUT2D eigenvalue weighted by Gasteiger charge is -2.24. The molecule has 0 aromatic heterocycles. The normalized spacial score (nSPS) is 19.6. The molecule has 1 rings (SSSR count). The monoisotopic (exact) mass is 264 g/mol. The number of hydrogen-bond donors (Lipinski definition) is 0. The van der Waals surface area contributed by atoms with Gasteiger partial charge in [-0.1, -0.05) is 0 Å². The van der Waals surface area contributed by atoms with E-state index in [4.69, 9.17) is 22.8 Å². The van der Waals surface area contributed by atoms with E-state index < -0.39 is 8.80 Å². The molecule has 0 aromatic carbocycles. The van der Waals surface area contributed by atoms with Crippen LogP contribution in [0.5, 0.6) is 0 Å². The second kappa shape index (κ2) is 8.18. The van der Waals surface area contributed by atoms with Gasteiger partial charge in [-0.15, -0.1) is 0 Å². The molecule has 6 heteroatoms. The molecule has 0 aliphatic carbocycles. The molecule has 1 fully saturated rings. The van der Waals surface area contributed by atoms with E-state index in [1.807, 2.05) is 0 Å². The molecule has 102 valence electrons. The summed E-state index contributed by atoms with van der Waals surface area (Å²) in [5.74, 6) is 0. The maximum absolute atomic E-state index is 5.54. The lowest BCUT2D eigenvalue weighted by Crippen LogP contribution is -2.42.